The Morgan fingerprint density at radius 2 is 1.52 bits per heavy atom. The number of nitrogens with one attached hydrogen (secondary N) is 2. The van der Waals surface area contributed by atoms with Crippen LogP contribution < -0.4 is 10.6 Å². The number of hydrogen-bond donors (Lipinski definition) is 2. The van der Waals surface area contributed by atoms with Gasteiger partial charge in [-0.25, -0.2) is 0 Å². The summed E-state index contributed by atoms with van der Waals surface area (Å²) >= 11 is 0. The van der Waals surface area contributed by atoms with Gasteiger partial charge < -0.3 is 15.1 Å². The molecule has 27 heavy (non-hydrogen) atoms. The van der Waals surface area contributed by atoms with Crippen LogP contribution in [0, 0.1) is 11.8 Å². The minimum atomic E-state index is -0.314. The first-order chi connectivity index (χ1) is 13.2. The predicted molar refractivity (Wildman–Crippen MR) is 102 cm³/mol. The fourth-order valence-electron chi connectivity index (χ4n) is 2.29. The Morgan fingerprint density at radius 3 is 2.19 bits per heavy atom. The van der Waals surface area contributed by atoms with Crippen LogP contribution in [0.1, 0.15) is 27.2 Å². The third-order valence-electron chi connectivity index (χ3n) is 3.72. The second-order valence-electron chi connectivity index (χ2n) is 5.73. The average molecular weight is 358 g/mol. The average Bonchev–Trinajstić information content (AvgIpc) is 3.24. The van der Waals surface area contributed by atoms with Crippen molar-refractivity contribution in [2.75, 3.05) is 6.54 Å². The van der Waals surface area contributed by atoms with Crippen LogP contribution in [-0.4, -0.2) is 18.4 Å². The van der Waals surface area contributed by atoms with E-state index in [9.17, 15) is 9.59 Å². The van der Waals surface area contributed by atoms with Crippen LogP contribution in [0.4, 0.5) is 0 Å². The van der Waals surface area contributed by atoms with E-state index >= 15 is 0 Å². The van der Waals surface area contributed by atoms with Gasteiger partial charge in [0, 0.05) is 16.7 Å². The number of rotatable bonds is 5. The highest BCUT2D eigenvalue weighted by Crippen LogP contribution is 2.04. The number of benzene rings is 2. The zero-order valence-corrected chi connectivity index (χ0v) is 14.6. The van der Waals surface area contributed by atoms with Crippen molar-refractivity contribution in [1.29, 1.82) is 0 Å². The number of carbonyl (C=O) groups is 2. The molecule has 0 spiro atoms. The summed E-state index contributed by atoms with van der Waals surface area (Å²) in [6, 6.07) is 20.1. The molecule has 0 aliphatic carbocycles. The maximum absolute atomic E-state index is 12.1. The summed E-state index contributed by atoms with van der Waals surface area (Å²) in [6.45, 7) is 0.186. The van der Waals surface area contributed by atoms with Gasteiger partial charge in [0.25, 0.3) is 5.91 Å². The summed E-state index contributed by atoms with van der Waals surface area (Å²) in [5.41, 5.74) is 2.21. The lowest BCUT2D eigenvalue weighted by molar-refractivity contribution is -0.120. The van der Waals surface area contributed by atoms with E-state index in [2.05, 4.69) is 22.5 Å². The van der Waals surface area contributed by atoms with Gasteiger partial charge in [-0.1, -0.05) is 30.0 Å². The highest BCUT2D eigenvalue weighted by Gasteiger charge is 2.08. The van der Waals surface area contributed by atoms with Crippen molar-refractivity contribution >= 4 is 11.8 Å². The van der Waals surface area contributed by atoms with E-state index in [0.29, 0.717) is 11.3 Å². The lowest BCUT2D eigenvalue weighted by atomic mass is 10.1. The minimum absolute atomic E-state index is 0.102. The van der Waals surface area contributed by atoms with Crippen molar-refractivity contribution in [3.63, 3.8) is 0 Å². The summed E-state index contributed by atoms with van der Waals surface area (Å²) in [4.78, 5) is 23.9. The van der Waals surface area contributed by atoms with Crippen LogP contribution >= 0.6 is 0 Å². The molecule has 3 rings (SSSR count). The molecule has 3 aromatic rings. The van der Waals surface area contributed by atoms with Gasteiger partial charge in [0.05, 0.1) is 19.4 Å². The van der Waals surface area contributed by atoms with Crippen molar-refractivity contribution in [2.45, 2.75) is 6.54 Å². The van der Waals surface area contributed by atoms with Crippen LogP contribution in [0.25, 0.3) is 0 Å². The van der Waals surface area contributed by atoms with E-state index < -0.39 is 0 Å². The number of hydrogen-bond acceptors (Lipinski definition) is 3. The maximum Gasteiger partial charge on any atom is 0.251 e. The van der Waals surface area contributed by atoms with E-state index in [0.717, 1.165) is 11.1 Å². The molecular formula is C22H18N2O3. The normalized spacial score (nSPS) is 9.78. The molecule has 1 aromatic heterocycles. The summed E-state index contributed by atoms with van der Waals surface area (Å²) < 4.78 is 5.12. The molecule has 5 heteroatoms. The first-order valence-corrected chi connectivity index (χ1v) is 8.45. The fourth-order valence-corrected chi connectivity index (χ4v) is 2.29. The van der Waals surface area contributed by atoms with Crippen LogP contribution in [0.5, 0.6) is 0 Å². The molecule has 0 fully saturated rings. The maximum atomic E-state index is 12.1. The Morgan fingerprint density at radius 1 is 0.815 bits per heavy atom. The van der Waals surface area contributed by atoms with Crippen LogP contribution in [0.15, 0.2) is 77.4 Å². The Balaban J connectivity index is 1.48. The van der Waals surface area contributed by atoms with Gasteiger partial charge in [-0.2, -0.15) is 0 Å². The van der Waals surface area contributed by atoms with Gasteiger partial charge in [-0.05, 0) is 48.5 Å². The lowest BCUT2D eigenvalue weighted by Crippen LogP contribution is -2.36. The van der Waals surface area contributed by atoms with E-state index in [4.69, 9.17) is 4.42 Å². The van der Waals surface area contributed by atoms with Crippen molar-refractivity contribution in [3.8, 4) is 11.8 Å². The zero-order valence-electron chi connectivity index (χ0n) is 14.6. The molecule has 0 bridgehead atoms. The van der Waals surface area contributed by atoms with E-state index in [-0.39, 0.29) is 24.9 Å². The number of furan rings is 1. The predicted octanol–water partition coefficient (Wildman–Crippen LogP) is 2.73. The lowest BCUT2D eigenvalue weighted by Gasteiger charge is -2.06. The molecule has 134 valence electrons. The fraction of sp³-hybridized carbons (Fsp3) is 0.0909. The zero-order chi connectivity index (χ0) is 18.9. The Kier molecular flexibility index (Phi) is 6.05. The SMILES string of the molecule is O=C(CNC(=O)c1ccc(C#Cc2ccccc2)cc1)NCc1ccco1. The summed E-state index contributed by atoms with van der Waals surface area (Å²) in [7, 11) is 0. The molecule has 0 atom stereocenters. The summed E-state index contributed by atoms with van der Waals surface area (Å²) in [5, 5.41) is 5.26. The van der Waals surface area contributed by atoms with Crippen molar-refractivity contribution in [3.05, 3.63) is 95.4 Å². The second-order valence-corrected chi connectivity index (χ2v) is 5.73. The molecule has 0 aliphatic heterocycles. The molecular weight excluding hydrogens is 340 g/mol. The van der Waals surface area contributed by atoms with Gasteiger partial charge in [0.2, 0.25) is 5.91 Å². The Bertz CT molecular complexity index is 950. The quantitative estimate of drug-likeness (QED) is 0.689. The van der Waals surface area contributed by atoms with Crippen molar-refractivity contribution < 1.29 is 14.0 Å². The van der Waals surface area contributed by atoms with Gasteiger partial charge in [-0.3, -0.25) is 9.59 Å². The van der Waals surface area contributed by atoms with Crippen molar-refractivity contribution in [1.82, 2.24) is 10.6 Å². The molecule has 0 saturated heterocycles. The summed E-state index contributed by atoms with van der Waals surface area (Å²) in [5.74, 6) is 6.17. The molecule has 5 nitrogen and oxygen atoms in total. The van der Waals surface area contributed by atoms with Gasteiger partial charge in [-0.15, -0.1) is 0 Å². The largest absolute Gasteiger partial charge is 0.467 e. The monoisotopic (exact) mass is 358 g/mol. The van der Waals surface area contributed by atoms with Crippen LogP contribution in [0.3, 0.4) is 0 Å². The first kappa shape index (κ1) is 18.0. The van der Waals surface area contributed by atoms with Gasteiger partial charge in [0.15, 0.2) is 0 Å². The number of carbonyl (C=O) groups excluding carboxylic acids is 2. The van der Waals surface area contributed by atoms with Crippen molar-refractivity contribution in [2.24, 2.45) is 0 Å². The molecule has 2 aromatic carbocycles. The van der Waals surface area contributed by atoms with E-state index in [1.807, 2.05) is 30.3 Å². The molecule has 0 radical (unpaired) electrons. The van der Waals surface area contributed by atoms with Crippen LogP contribution in [0.2, 0.25) is 0 Å². The molecule has 2 N–H and O–H groups in total. The first-order valence-electron chi connectivity index (χ1n) is 8.45. The summed E-state index contributed by atoms with van der Waals surface area (Å²) in [6.07, 6.45) is 1.54. The van der Waals surface area contributed by atoms with Gasteiger partial charge >= 0.3 is 0 Å². The molecule has 1 heterocycles. The van der Waals surface area contributed by atoms with Gasteiger partial charge in [0.1, 0.15) is 5.76 Å². The number of amides is 2. The Labute approximate surface area is 157 Å². The highest BCUT2D eigenvalue weighted by atomic mass is 16.3. The Hall–Kier alpha value is -3.78. The third kappa shape index (κ3) is 5.62. The van der Waals surface area contributed by atoms with E-state index in [1.165, 1.54) is 6.26 Å². The second kappa shape index (κ2) is 9.07. The minimum Gasteiger partial charge on any atom is -0.467 e. The molecule has 2 amide bonds. The molecule has 0 unspecified atom stereocenters. The smallest absolute Gasteiger partial charge is 0.251 e. The molecule has 0 saturated carbocycles. The van der Waals surface area contributed by atoms with Crippen LogP contribution in [-0.2, 0) is 11.3 Å². The van der Waals surface area contributed by atoms with E-state index in [1.54, 1.807) is 36.4 Å². The topological polar surface area (TPSA) is 71.3 Å². The highest BCUT2D eigenvalue weighted by molar-refractivity contribution is 5.96. The standard InChI is InChI=1S/C22H18N2O3/c25-21(23-15-20-7-4-14-27-20)16-24-22(26)19-12-10-18(11-13-19)9-8-17-5-2-1-3-6-17/h1-7,10-14H,15-16H2,(H,23,25)(H,24,26). The molecule has 0 aliphatic rings. The third-order valence-corrected chi connectivity index (χ3v) is 3.72.